The zero-order valence-corrected chi connectivity index (χ0v) is 15.3. The maximum absolute atomic E-state index is 12.8. The fourth-order valence-corrected chi connectivity index (χ4v) is 3.49. The zero-order chi connectivity index (χ0) is 19.1. The van der Waals surface area contributed by atoms with Crippen LogP contribution in [-0.2, 0) is 0 Å². The molecule has 0 radical (unpaired) electrons. The summed E-state index contributed by atoms with van der Waals surface area (Å²) in [5.74, 6) is -0.0837. The monoisotopic (exact) mass is 363 g/mol. The van der Waals surface area contributed by atoms with Gasteiger partial charge in [0, 0.05) is 22.7 Å². The van der Waals surface area contributed by atoms with Gasteiger partial charge in [-0.15, -0.1) is 0 Å². The summed E-state index contributed by atoms with van der Waals surface area (Å²) in [6.07, 6.45) is 1.99. The van der Waals surface area contributed by atoms with Gasteiger partial charge in [0.2, 0.25) is 5.78 Å². The molecular weight excluding hydrogens is 346 g/mol. The Balaban J connectivity index is 1.71. The second kappa shape index (κ2) is 6.43. The first kappa shape index (κ1) is 16.4. The molecule has 2 aromatic carbocycles. The van der Waals surface area contributed by atoms with E-state index in [1.807, 2.05) is 84.3 Å². The molecule has 0 bridgehead atoms. The molecule has 134 valence electrons. The molecule has 0 N–H and O–H groups in total. The van der Waals surface area contributed by atoms with Crippen LogP contribution in [0.3, 0.4) is 0 Å². The molecule has 0 saturated carbocycles. The van der Waals surface area contributed by atoms with Gasteiger partial charge >= 0.3 is 0 Å². The molecule has 5 aromatic rings. The van der Waals surface area contributed by atoms with Crippen LogP contribution in [0.5, 0.6) is 0 Å². The van der Waals surface area contributed by atoms with E-state index in [2.05, 4.69) is 6.07 Å². The quantitative estimate of drug-likeness (QED) is 0.420. The number of nitrogens with zero attached hydrogens (tertiary/aromatic N) is 3. The summed E-state index contributed by atoms with van der Waals surface area (Å²) in [7, 11) is 0. The predicted molar refractivity (Wildman–Crippen MR) is 111 cm³/mol. The standard InChI is InChI=1S/C24H17N3O/c1-16-14-19-12-13-20(22(28)18-10-6-3-7-11-18)25-24(19)27-15-21(26-23(16)27)17-8-4-2-5-9-17/h2-15H,1H3. The molecule has 5 rings (SSSR count). The number of hydrogen-bond donors (Lipinski definition) is 0. The van der Waals surface area contributed by atoms with Crippen molar-refractivity contribution in [1.82, 2.24) is 14.4 Å². The molecular formula is C24H17N3O. The van der Waals surface area contributed by atoms with Crippen LogP contribution >= 0.6 is 0 Å². The van der Waals surface area contributed by atoms with E-state index in [1.54, 1.807) is 6.07 Å². The summed E-state index contributed by atoms with van der Waals surface area (Å²) >= 11 is 0. The number of benzene rings is 2. The molecule has 0 atom stereocenters. The Morgan fingerprint density at radius 2 is 1.54 bits per heavy atom. The Bertz CT molecular complexity index is 1320. The van der Waals surface area contributed by atoms with Crippen molar-refractivity contribution in [3.8, 4) is 11.3 Å². The summed E-state index contributed by atoms with van der Waals surface area (Å²) < 4.78 is 1.98. The highest BCUT2D eigenvalue weighted by Gasteiger charge is 2.14. The molecule has 0 aliphatic carbocycles. The van der Waals surface area contributed by atoms with Crippen molar-refractivity contribution in [1.29, 1.82) is 0 Å². The smallest absolute Gasteiger partial charge is 0.211 e. The third-order valence-electron chi connectivity index (χ3n) is 4.90. The fourth-order valence-electron chi connectivity index (χ4n) is 3.49. The van der Waals surface area contributed by atoms with Crippen LogP contribution in [0.1, 0.15) is 21.6 Å². The van der Waals surface area contributed by atoms with Crippen LogP contribution in [0.25, 0.3) is 27.9 Å². The first-order valence-electron chi connectivity index (χ1n) is 9.15. The number of pyridine rings is 2. The molecule has 0 amide bonds. The van der Waals surface area contributed by atoms with Gasteiger partial charge in [-0.1, -0.05) is 60.7 Å². The van der Waals surface area contributed by atoms with E-state index >= 15 is 0 Å². The van der Waals surface area contributed by atoms with E-state index in [4.69, 9.17) is 9.97 Å². The molecule has 0 fully saturated rings. The molecule has 0 aliphatic heterocycles. The Morgan fingerprint density at radius 1 is 0.821 bits per heavy atom. The van der Waals surface area contributed by atoms with Crippen molar-refractivity contribution in [3.63, 3.8) is 0 Å². The Hall–Kier alpha value is -3.79. The average Bonchev–Trinajstić information content (AvgIpc) is 3.21. The van der Waals surface area contributed by atoms with Gasteiger partial charge in [-0.3, -0.25) is 9.20 Å². The van der Waals surface area contributed by atoms with E-state index in [-0.39, 0.29) is 5.78 Å². The number of ketones is 1. The summed E-state index contributed by atoms with van der Waals surface area (Å²) in [6.45, 7) is 2.04. The van der Waals surface area contributed by atoms with Gasteiger partial charge in [0.1, 0.15) is 17.0 Å². The van der Waals surface area contributed by atoms with Gasteiger partial charge in [-0.05, 0) is 30.7 Å². The van der Waals surface area contributed by atoms with Crippen molar-refractivity contribution >= 4 is 22.5 Å². The van der Waals surface area contributed by atoms with Gasteiger partial charge < -0.3 is 0 Å². The van der Waals surface area contributed by atoms with Crippen LogP contribution < -0.4 is 0 Å². The number of carbonyl (C=O) groups excluding carboxylic acids is 1. The van der Waals surface area contributed by atoms with Gasteiger partial charge in [-0.2, -0.15) is 0 Å². The van der Waals surface area contributed by atoms with Gasteiger partial charge in [0.25, 0.3) is 0 Å². The third-order valence-corrected chi connectivity index (χ3v) is 4.90. The molecule has 0 aliphatic rings. The Kier molecular flexibility index (Phi) is 3.76. The molecule has 4 heteroatoms. The highest BCUT2D eigenvalue weighted by molar-refractivity contribution is 6.08. The van der Waals surface area contributed by atoms with Crippen molar-refractivity contribution < 1.29 is 4.79 Å². The molecule has 0 unspecified atom stereocenters. The van der Waals surface area contributed by atoms with Gasteiger partial charge in [0.05, 0.1) is 5.69 Å². The summed E-state index contributed by atoms with van der Waals surface area (Å²) in [5.41, 5.74) is 5.65. The Labute approximate surface area is 162 Å². The lowest BCUT2D eigenvalue weighted by Gasteiger charge is -2.06. The van der Waals surface area contributed by atoms with Crippen molar-refractivity contribution in [3.05, 3.63) is 102 Å². The summed E-state index contributed by atoms with van der Waals surface area (Å²) in [6, 6.07) is 25.1. The largest absolute Gasteiger partial charge is 0.287 e. The van der Waals surface area contributed by atoms with E-state index in [1.165, 1.54) is 0 Å². The van der Waals surface area contributed by atoms with E-state index < -0.39 is 0 Å². The minimum absolute atomic E-state index is 0.0837. The number of hydrogen-bond acceptors (Lipinski definition) is 3. The number of imidazole rings is 1. The van der Waals surface area contributed by atoms with Gasteiger partial charge in [0.15, 0.2) is 0 Å². The fraction of sp³-hybridized carbons (Fsp3) is 0.0417. The normalized spacial score (nSPS) is 11.2. The van der Waals surface area contributed by atoms with Crippen LogP contribution in [0.4, 0.5) is 0 Å². The summed E-state index contributed by atoms with van der Waals surface area (Å²) in [4.78, 5) is 22.3. The molecule has 28 heavy (non-hydrogen) atoms. The lowest BCUT2D eigenvalue weighted by atomic mass is 10.1. The van der Waals surface area contributed by atoms with Crippen molar-refractivity contribution in [2.45, 2.75) is 6.92 Å². The first-order chi connectivity index (χ1) is 13.7. The maximum atomic E-state index is 12.8. The lowest BCUT2D eigenvalue weighted by molar-refractivity contribution is 0.103. The minimum atomic E-state index is -0.0837. The lowest BCUT2D eigenvalue weighted by Crippen LogP contribution is -2.05. The molecule has 4 nitrogen and oxygen atoms in total. The molecule has 3 aromatic heterocycles. The second-order valence-electron chi connectivity index (χ2n) is 6.82. The van der Waals surface area contributed by atoms with Gasteiger partial charge in [-0.25, -0.2) is 9.97 Å². The zero-order valence-electron chi connectivity index (χ0n) is 15.3. The van der Waals surface area contributed by atoms with Crippen LogP contribution in [0.2, 0.25) is 0 Å². The van der Waals surface area contributed by atoms with Crippen molar-refractivity contribution in [2.24, 2.45) is 0 Å². The van der Waals surface area contributed by atoms with E-state index in [9.17, 15) is 4.79 Å². The third kappa shape index (κ3) is 2.67. The SMILES string of the molecule is Cc1cc2ccc(C(=O)c3ccccc3)nc2n2cc(-c3ccccc3)nc12. The highest BCUT2D eigenvalue weighted by atomic mass is 16.1. The topological polar surface area (TPSA) is 47.3 Å². The minimum Gasteiger partial charge on any atom is -0.287 e. The molecule has 3 heterocycles. The molecule has 0 saturated heterocycles. The van der Waals surface area contributed by atoms with Crippen LogP contribution in [-0.4, -0.2) is 20.2 Å². The number of fused-ring (bicyclic) bond motifs is 3. The number of aryl methyl sites for hydroxylation is 1. The first-order valence-corrected chi connectivity index (χ1v) is 9.15. The maximum Gasteiger partial charge on any atom is 0.211 e. The van der Waals surface area contributed by atoms with Crippen molar-refractivity contribution in [2.75, 3.05) is 0 Å². The van der Waals surface area contributed by atoms with E-state index in [0.717, 1.165) is 33.5 Å². The highest BCUT2D eigenvalue weighted by Crippen LogP contribution is 2.25. The number of carbonyl (C=O) groups is 1. The number of rotatable bonds is 3. The number of aromatic nitrogens is 3. The average molecular weight is 363 g/mol. The second-order valence-corrected chi connectivity index (χ2v) is 6.82. The predicted octanol–water partition coefficient (Wildman–Crippen LogP) is 5.09. The molecule has 0 spiro atoms. The summed E-state index contributed by atoms with van der Waals surface area (Å²) in [5, 5.41) is 0.978. The Morgan fingerprint density at radius 3 is 2.29 bits per heavy atom. The van der Waals surface area contributed by atoms with E-state index in [0.29, 0.717) is 11.3 Å². The van der Waals surface area contributed by atoms with Crippen LogP contribution in [0.15, 0.2) is 85.1 Å². The van der Waals surface area contributed by atoms with Crippen LogP contribution in [0, 0.1) is 6.92 Å².